The zero-order valence-corrected chi connectivity index (χ0v) is 18.4. The predicted molar refractivity (Wildman–Crippen MR) is 119 cm³/mol. The number of benzene rings is 1. The van der Waals surface area contributed by atoms with Crippen LogP contribution in [0.5, 0.6) is 0 Å². The van der Waals surface area contributed by atoms with Crippen molar-refractivity contribution in [3.05, 3.63) is 64.4 Å². The Bertz CT molecular complexity index is 1370. The molecule has 4 rings (SSSR count). The van der Waals surface area contributed by atoms with E-state index in [0.29, 0.717) is 21.9 Å². The molecule has 170 valence electrons. The maximum atomic E-state index is 13.5. The molecule has 0 radical (unpaired) electrons. The fourth-order valence-electron chi connectivity index (χ4n) is 3.26. The van der Waals surface area contributed by atoms with Gasteiger partial charge in [0.15, 0.2) is 0 Å². The number of hydrogen-bond donors (Lipinski definition) is 2. The minimum atomic E-state index is -4.72. The van der Waals surface area contributed by atoms with Crippen LogP contribution in [0.25, 0.3) is 21.3 Å². The van der Waals surface area contributed by atoms with Crippen LogP contribution in [0.15, 0.2) is 48.8 Å². The van der Waals surface area contributed by atoms with Gasteiger partial charge in [-0.15, -0.1) is 11.3 Å². The van der Waals surface area contributed by atoms with Gasteiger partial charge in [-0.05, 0) is 24.1 Å². The molecule has 33 heavy (non-hydrogen) atoms. The Morgan fingerprint density at radius 2 is 1.94 bits per heavy atom. The van der Waals surface area contributed by atoms with E-state index in [1.807, 2.05) is 0 Å². The summed E-state index contributed by atoms with van der Waals surface area (Å²) in [6.45, 7) is 1.55. The second-order valence-corrected chi connectivity index (χ2v) is 8.51. The first kappa shape index (κ1) is 22.7. The molecule has 12 heteroatoms. The average molecular weight is 494 g/mol. The highest BCUT2D eigenvalue weighted by Gasteiger charge is 2.35. The Hall–Kier alpha value is -3.44. The number of amides is 2. The molecule has 0 saturated heterocycles. The van der Waals surface area contributed by atoms with Crippen LogP contribution < -0.4 is 11.1 Å². The number of fused-ring (bicyclic) bond motifs is 1. The van der Waals surface area contributed by atoms with Gasteiger partial charge in [0.1, 0.15) is 21.4 Å². The van der Waals surface area contributed by atoms with Crippen molar-refractivity contribution in [3.8, 4) is 11.1 Å². The van der Waals surface area contributed by atoms with Crippen LogP contribution in [0.2, 0.25) is 5.02 Å². The number of aromatic nitrogens is 3. The van der Waals surface area contributed by atoms with E-state index in [0.717, 1.165) is 6.07 Å². The van der Waals surface area contributed by atoms with Crippen molar-refractivity contribution >= 4 is 50.7 Å². The lowest BCUT2D eigenvalue weighted by molar-refractivity contribution is -0.140. The normalized spacial score (nSPS) is 12.6. The maximum absolute atomic E-state index is 13.5. The Morgan fingerprint density at radius 1 is 1.24 bits per heavy atom. The number of hydrogen-bond acceptors (Lipinski definition) is 5. The van der Waals surface area contributed by atoms with Gasteiger partial charge in [-0.2, -0.15) is 18.3 Å². The summed E-state index contributed by atoms with van der Waals surface area (Å²) in [5.41, 5.74) is 4.97. The second-order valence-electron chi connectivity index (χ2n) is 7.07. The zero-order chi connectivity index (χ0) is 23.9. The highest BCUT2D eigenvalue weighted by molar-refractivity contribution is 7.21. The summed E-state index contributed by atoms with van der Waals surface area (Å²) >= 11 is 6.54. The third-order valence-corrected chi connectivity index (χ3v) is 6.15. The number of pyridine rings is 1. The van der Waals surface area contributed by atoms with Gasteiger partial charge < -0.3 is 11.1 Å². The lowest BCUT2D eigenvalue weighted by atomic mass is 10.0. The third kappa shape index (κ3) is 4.41. The second kappa shape index (κ2) is 8.49. The molecule has 0 saturated carbocycles. The molecule has 1 unspecified atom stereocenters. The third-order valence-electron chi connectivity index (χ3n) is 4.86. The molecule has 1 aromatic carbocycles. The molecule has 0 spiro atoms. The fraction of sp³-hybridized carbons (Fsp3) is 0.143. The maximum Gasteiger partial charge on any atom is 0.433 e. The summed E-state index contributed by atoms with van der Waals surface area (Å²) in [7, 11) is 0. The summed E-state index contributed by atoms with van der Waals surface area (Å²) in [5.74, 6) is -1.48. The molecule has 3 aromatic heterocycles. The molecular weight excluding hydrogens is 479 g/mol. The fourth-order valence-corrected chi connectivity index (χ4v) is 4.41. The predicted octanol–water partition coefficient (Wildman–Crippen LogP) is 5.13. The molecule has 2 amide bonds. The monoisotopic (exact) mass is 493 g/mol. The Kier molecular flexibility index (Phi) is 5.85. The minimum absolute atomic E-state index is 0.00215. The van der Waals surface area contributed by atoms with Gasteiger partial charge >= 0.3 is 6.18 Å². The van der Waals surface area contributed by atoms with E-state index < -0.39 is 29.7 Å². The average Bonchev–Trinajstić information content (AvgIpc) is 3.36. The van der Waals surface area contributed by atoms with E-state index >= 15 is 0 Å². The number of carbonyl (C=O) groups is 2. The standard InChI is InChI=1S/C21H15ClF3N5O2S/c1-10(30-9-12(22)8-27-30)19(32)29-16-15-13(11-5-3-2-4-6-11)7-14(21(23,24)25)28-20(15)33-17(16)18(26)31/h2-10H,1H3,(H2,26,31)(H,29,32). The molecule has 3 heterocycles. The van der Waals surface area contributed by atoms with Gasteiger partial charge in [0.05, 0.1) is 16.9 Å². The number of halogens is 4. The van der Waals surface area contributed by atoms with E-state index in [4.69, 9.17) is 17.3 Å². The van der Waals surface area contributed by atoms with Crippen molar-refractivity contribution < 1.29 is 22.8 Å². The van der Waals surface area contributed by atoms with Gasteiger partial charge in [-0.1, -0.05) is 41.9 Å². The molecular formula is C21H15ClF3N5O2S. The summed E-state index contributed by atoms with van der Waals surface area (Å²) in [6.07, 6.45) is -1.92. The van der Waals surface area contributed by atoms with Gasteiger partial charge in [0, 0.05) is 11.6 Å². The largest absolute Gasteiger partial charge is 0.433 e. The first-order chi connectivity index (χ1) is 15.6. The van der Waals surface area contributed by atoms with Crippen molar-refractivity contribution in [1.82, 2.24) is 14.8 Å². The lowest BCUT2D eigenvalue weighted by Crippen LogP contribution is -2.25. The summed E-state index contributed by atoms with van der Waals surface area (Å²) in [5, 5.41) is 7.13. The molecule has 3 N–H and O–H groups in total. The molecule has 4 aromatic rings. The van der Waals surface area contributed by atoms with Crippen LogP contribution in [0, 0.1) is 0 Å². The number of nitrogens with two attached hydrogens (primary N) is 1. The van der Waals surface area contributed by atoms with Gasteiger partial charge in [-0.3, -0.25) is 14.3 Å². The van der Waals surface area contributed by atoms with Crippen molar-refractivity contribution in [1.29, 1.82) is 0 Å². The van der Waals surface area contributed by atoms with Crippen LogP contribution in [-0.2, 0) is 11.0 Å². The van der Waals surface area contributed by atoms with Gasteiger partial charge in [0.25, 0.3) is 5.91 Å². The number of rotatable bonds is 5. The molecule has 7 nitrogen and oxygen atoms in total. The number of alkyl halides is 3. The Labute approximate surface area is 194 Å². The van der Waals surface area contributed by atoms with E-state index in [1.165, 1.54) is 17.1 Å². The molecule has 0 aliphatic carbocycles. The molecule has 0 bridgehead atoms. The van der Waals surface area contributed by atoms with Crippen molar-refractivity contribution in [2.24, 2.45) is 5.73 Å². The number of nitrogens with one attached hydrogen (secondary N) is 1. The summed E-state index contributed by atoms with van der Waals surface area (Å²) in [4.78, 5) is 28.6. The van der Waals surface area contributed by atoms with E-state index in [2.05, 4.69) is 15.4 Å². The van der Waals surface area contributed by atoms with Crippen LogP contribution in [0.3, 0.4) is 0 Å². The number of thiophene rings is 1. The SMILES string of the molecule is CC(C(=O)Nc1c(C(N)=O)sc2nc(C(F)(F)F)cc(-c3ccccc3)c12)n1cc(Cl)cn1. The van der Waals surface area contributed by atoms with E-state index in [1.54, 1.807) is 37.3 Å². The van der Waals surface area contributed by atoms with E-state index in [-0.39, 0.29) is 26.3 Å². The first-order valence-electron chi connectivity index (χ1n) is 9.46. The van der Waals surface area contributed by atoms with E-state index in [9.17, 15) is 22.8 Å². The summed E-state index contributed by atoms with van der Waals surface area (Å²) < 4.78 is 41.9. The van der Waals surface area contributed by atoms with Crippen molar-refractivity contribution in [3.63, 3.8) is 0 Å². The highest BCUT2D eigenvalue weighted by Crippen LogP contribution is 2.43. The molecule has 1 atom stereocenters. The lowest BCUT2D eigenvalue weighted by Gasteiger charge is -2.15. The van der Waals surface area contributed by atoms with Crippen molar-refractivity contribution in [2.45, 2.75) is 19.1 Å². The van der Waals surface area contributed by atoms with Gasteiger partial charge in [0.2, 0.25) is 5.91 Å². The van der Waals surface area contributed by atoms with Crippen molar-refractivity contribution in [2.75, 3.05) is 5.32 Å². The van der Waals surface area contributed by atoms with Crippen LogP contribution >= 0.6 is 22.9 Å². The molecule has 0 aliphatic heterocycles. The number of carbonyl (C=O) groups excluding carboxylic acids is 2. The molecule has 0 fully saturated rings. The molecule has 0 aliphatic rings. The first-order valence-corrected chi connectivity index (χ1v) is 10.7. The minimum Gasteiger partial charge on any atom is -0.365 e. The highest BCUT2D eigenvalue weighted by atomic mass is 35.5. The zero-order valence-electron chi connectivity index (χ0n) is 16.9. The Morgan fingerprint density at radius 3 is 2.52 bits per heavy atom. The number of primary amides is 1. The van der Waals surface area contributed by atoms with Gasteiger partial charge in [-0.25, -0.2) is 4.98 Å². The van der Waals surface area contributed by atoms with Crippen LogP contribution in [0.1, 0.15) is 28.3 Å². The van der Waals surface area contributed by atoms with Crippen LogP contribution in [0.4, 0.5) is 18.9 Å². The smallest absolute Gasteiger partial charge is 0.365 e. The summed E-state index contributed by atoms with van der Waals surface area (Å²) in [6, 6.07) is 8.34. The van der Waals surface area contributed by atoms with Crippen LogP contribution in [-0.4, -0.2) is 26.6 Å². The topological polar surface area (TPSA) is 103 Å². The quantitative estimate of drug-likeness (QED) is 0.402. The number of nitrogens with zero attached hydrogens (tertiary/aromatic N) is 3. The number of anilines is 1. The Balaban J connectivity index is 1.92.